The van der Waals surface area contributed by atoms with Crippen molar-refractivity contribution in [3.05, 3.63) is 55.9 Å². The van der Waals surface area contributed by atoms with Crippen molar-refractivity contribution in [2.75, 3.05) is 25.6 Å². The lowest BCUT2D eigenvalue weighted by atomic mass is 9.95. The van der Waals surface area contributed by atoms with Crippen LogP contribution in [0.15, 0.2) is 24.3 Å². The fourth-order valence-electron chi connectivity index (χ4n) is 3.31. The van der Waals surface area contributed by atoms with Crippen LogP contribution in [0.3, 0.4) is 0 Å². The van der Waals surface area contributed by atoms with Gasteiger partial charge in [0, 0.05) is 42.8 Å². The predicted molar refractivity (Wildman–Crippen MR) is 111 cm³/mol. The maximum Gasteiger partial charge on any atom is 0.269 e. The molecule has 1 aromatic carbocycles. The second kappa shape index (κ2) is 9.62. The van der Waals surface area contributed by atoms with Gasteiger partial charge in [0.05, 0.1) is 10.5 Å². The number of carbonyl (C=O) groups excluding carboxylic acids is 2. The van der Waals surface area contributed by atoms with Crippen LogP contribution in [-0.4, -0.2) is 37.0 Å². The van der Waals surface area contributed by atoms with Crippen molar-refractivity contribution in [3.63, 3.8) is 0 Å². The van der Waals surface area contributed by atoms with Crippen molar-refractivity contribution in [2.24, 2.45) is 0 Å². The molecule has 29 heavy (non-hydrogen) atoms. The number of nitrogens with one attached hydrogen (secondary N) is 2. The first-order valence-electron chi connectivity index (χ1n) is 9.48. The van der Waals surface area contributed by atoms with Crippen LogP contribution in [0.25, 0.3) is 0 Å². The summed E-state index contributed by atoms with van der Waals surface area (Å²) in [4.78, 5) is 36.9. The molecule has 1 aliphatic rings. The van der Waals surface area contributed by atoms with Crippen LogP contribution >= 0.6 is 11.3 Å². The standard InChI is InChI=1S/C20H23N3O5S/c1-28-12-4-11-21-19(25)17-15-5-2-3-6-16(15)29-20(17)22-18(24)13-7-9-14(10-8-13)23(26)27/h7-10H,2-6,11-12H2,1H3,(H,21,25)(H,22,24). The summed E-state index contributed by atoms with van der Waals surface area (Å²) in [6, 6.07) is 5.40. The molecule has 0 saturated carbocycles. The zero-order valence-electron chi connectivity index (χ0n) is 16.2. The number of methoxy groups -OCH3 is 1. The topological polar surface area (TPSA) is 111 Å². The number of non-ortho nitro benzene ring substituents is 1. The Hall–Kier alpha value is -2.78. The molecule has 1 heterocycles. The van der Waals surface area contributed by atoms with E-state index in [2.05, 4.69) is 10.6 Å². The van der Waals surface area contributed by atoms with Crippen molar-refractivity contribution < 1.29 is 19.2 Å². The van der Waals surface area contributed by atoms with Crippen LogP contribution in [-0.2, 0) is 17.6 Å². The minimum Gasteiger partial charge on any atom is -0.385 e. The molecule has 2 aromatic rings. The number of amides is 2. The van der Waals surface area contributed by atoms with Gasteiger partial charge in [-0.1, -0.05) is 0 Å². The number of rotatable bonds is 8. The molecular weight excluding hydrogens is 394 g/mol. The van der Waals surface area contributed by atoms with Gasteiger partial charge in [-0.2, -0.15) is 0 Å². The monoisotopic (exact) mass is 417 g/mol. The molecule has 154 valence electrons. The summed E-state index contributed by atoms with van der Waals surface area (Å²) in [6.07, 6.45) is 4.51. The lowest BCUT2D eigenvalue weighted by Gasteiger charge is -2.13. The minimum absolute atomic E-state index is 0.0794. The molecular formula is C20H23N3O5S. The van der Waals surface area contributed by atoms with Crippen molar-refractivity contribution in [2.45, 2.75) is 32.1 Å². The quantitative estimate of drug-likeness (QED) is 0.388. The number of ether oxygens (including phenoxy) is 1. The third kappa shape index (κ3) is 4.99. The van der Waals surface area contributed by atoms with E-state index in [1.807, 2.05) is 0 Å². The van der Waals surface area contributed by atoms with E-state index in [9.17, 15) is 19.7 Å². The van der Waals surface area contributed by atoms with E-state index in [1.165, 1.54) is 35.6 Å². The van der Waals surface area contributed by atoms with Crippen LogP contribution in [0.4, 0.5) is 10.7 Å². The molecule has 0 saturated heterocycles. The molecule has 3 rings (SSSR count). The molecule has 0 atom stereocenters. The van der Waals surface area contributed by atoms with Gasteiger partial charge in [-0.15, -0.1) is 11.3 Å². The van der Waals surface area contributed by atoms with Gasteiger partial charge in [0.1, 0.15) is 5.00 Å². The summed E-state index contributed by atoms with van der Waals surface area (Å²) in [5.74, 6) is -0.591. The second-order valence-corrected chi connectivity index (χ2v) is 7.88. The fraction of sp³-hybridized carbons (Fsp3) is 0.400. The summed E-state index contributed by atoms with van der Waals surface area (Å²) in [7, 11) is 1.61. The summed E-state index contributed by atoms with van der Waals surface area (Å²) in [5.41, 5.74) is 1.78. The van der Waals surface area contributed by atoms with Crippen molar-refractivity contribution in [1.29, 1.82) is 0 Å². The van der Waals surface area contributed by atoms with Crippen LogP contribution in [0.2, 0.25) is 0 Å². The predicted octanol–water partition coefficient (Wildman–Crippen LogP) is 3.55. The Labute approximate surface area is 172 Å². The molecule has 0 unspecified atom stereocenters. The first-order chi connectivity index (χ1) is 14.0. The number of benzene rings is 1. The number of hydrogen-bond donors (Lipinski definition) is 2. The van der Waals surface area contributed by atoms with E-state index < -0.39 is 10.8 Å². The maximum absolute atomic E-state index is 12.8. The summed E-state index contributed by atoms with van der Waals surface area (Å²) in [5, 5.41) is 17.1. The molecule has 0 radical (unpaired) electrons. The molecule has 8 nitrogen and oxygen atoms in total. The van der Waals surface area contributed by atoms with E-state index in [0.29, 0.717) is 35.7 Å². The molecule has 0 bridgehead atoms. The number of carbonyl (C=O) groups is 2. The Bertz CT molecular complexity index is 908. The Morgan fingerprint density at radius 2 is 1.90 bits per heavy atom. The van der Waals surface area contributed by atoms with E-state index in [-0.39, 0.29) is 11.6 Å². The summed E-state index contributed by atoms with van der Waals surface area (Å²) in [6.45, 7) is 1.05. The highest BCUT2D eigenvalue weighted by Crippen LogP contribution is 2.38. The summed E-state index contributed by atoms with van der Waals surface area (Å²) < 4.78 is 5.01. The zero-order chi connectivity index (χ0) is 20.8. The molecule has 9 heteroatoms. The van der Waals surface area contributed by atoms with Crippen LogP contribution < -0.4 is 10.6 Å². The van der Waals surface area contributed by atoms with Gasteiger partial charge in [0.25, 0.3) is 17.5 Å². The number of nitrogens with zero attached hydrogens (tertiary/aromatic N) is 1. The highest BCUT2D eigenvalue weighted by Gasteiger charge is 2.26. The number of nitro benzene ring substituents is 1. The number of fused-ring (bicyclic) bond motifs is 1. The van der Waals surface area contributed by atoms with Gasteiger partial charge in [-0.25, -0.2) is 0 Å². The fourth-order valence-corrected chi connectivity index (χ4v) is 4.59. The second-order valence-electron chi connectivity index (χ2n) is 6.78. The number of anilines is 1. The lowest BCUT2D eigenvalue weighted by Crippen LogP contribution is -2.27. The minimum atomic E-state index is -0.513. The van der Waals surface area contributed by atoms with Crippen molar-refractivity contribution in [1.82, 2.24) is 5.32 Å². The average Bonchev–Trinajstić information content (AvgIpc) is 3.09. The van der Waals surface area contributed by atoms with Gasteiger partial charge in [-0.05, 0) is 49.8 Å². The first kappa shape index (κ1) is 20.9. The van der Waals surface area contributed by atoms with Crippen LogP contribution in [0.1, 0.15) is 50.4 Å². The van der Waals surface area contributed by atoms with Gasteiger partial charge < -0.3 is 15.4 Å². The van der Waals surface area contributed by atoms with Crippen molar-refractivity contribution in [3.8, 4) is 0 Å². The molecule has 0 spiro atoms. The molecule has 1 aromatic heterocycles. The SMILES string of the molecule is COCCCNC(=O)c1c(NC(=O)c2ccc([N+](=O)[O-])cc2)sc2c1CCCC2. The summed E-state index contributed by atoms with van der Waals surface area (Å²) >= 11 is 1.44. The van der Waals surface area contributed by atoms with Crippen LogP contribution in [0.5, 0.6) is 0 Å². The largest absolute Gasteiger partial charge is 0.385 e. The Morgan fingerprint density at radius 1 is 1.17 bits per heavy atom. The van der Waals surface area contributed by atoms with Crippen LogP contribution in [0, 0.1) is 10.1 Å². The van der Waals surface area contributed by atoms with E-state index in [0.717, 1.165) is 36.1 Å². The Kier molecular flexibility index (Phi) is 6.95. The Balaban J connectivity index is 1.80. The number of aryl methyl sites for hydroxylation is 1. The normalized spacial score (nSPS) is 12.9. The van der Waals surface area contributed by atoms with E-state index >= 15 is 0 Å². The third-order valence-electron chi connectivity index (χ3n) is 4.78. The van der Waals surface area contributed by atoms with Gasteiger partial charge in [-0.3, -0.25) is 19.7 Å². The number of nitro groups is 1. The zero-order valence-corrected chi connectivity index (χ0v) is 17.0. The third-order valence-corrected chi connectivity index (χ3v) is 5.98. The van der Waals surface area contributed by atoms with Gasteiger partial charge >= 0.3 is 0 Å². The molecule has 0 fully saturated rings. The maximum atomic E-state index is 12.8. The lowest BCUT2D eigenvalue weighted by molar-refractivity contribution is -0.384. The highest BCUT2D eigenvalue weighted by molar-refractivity contribution is 7.17. The molecule has 2 amide bonds. The molecule has 2 N–H and O–H groups in total. The van der Waals surface area contributed by atoms with E-state index in [1.54, 1.807) is 7.11 Å². The van der Waals surface area contributed by atoms with E-state index in [4.69, 9.17) is 4.74 Å². The Morgan fingerprint density at radius 3 is 2.59 bits per heavy atom. The van der Waals surface area contributed by atoms with Gasteiger partial charge in [0.2, 0.25) is 0 Å². The molecule has 1 aliphatic carbocycles. The number of hydrogen-bond acceptors (Lipinski definition) is 6. The molecule has 0 aliphatic heterocycles. The number of thiophene rings is 1. The van der Waals surface area contributed by atoms with Gasteiger partial charge in [0.15, 0.2) is 0 Å². The first-order valence-corrected chi connectivity index (χ1v) is 10.3. The highest BCUT2D eigenvalue weighted by atomic mass is 32.1. The van der Waals surface area contributed by atoms with Crippen molar-refractivity contribution >= 4 is 33.8 Å². The average molecular weight is 417 g/mol. The smallest absolute Gasteiger partial charge is 0.269 e.